The molecule has 1 aliphatic heterocycles. The van der Waals surface area contributed by atoms with Crippen molar-refractivity contribution in [2.24, 2.45) is 0 Å². The maximum Gasteiger partial charge on any atom is 0.161 e. The molecule has 1 heterocycles. The van der Waals surface area contributed by atoms with Crippen molar-refractivity contribution in [1.82, 2.24) is 4.90 Å². The molecule has 0 amide bonds. The number of methoxy groups -OCH3 is 2. The van der Waals surface area contributed by atoms with Crippen LogP contribution in [0.3, 0.4) is 0 Å². The number of rotatable bonds is 5. The van der Waals surface area contributed by atoms with E-state index in [2.05, 4.69) is 60.4 Å². The van der Waals surface area contributed by atoms with Gasteiger partial charge < -0.3 is 9.47 Å². The van der Waals surface area contributed by atoms with Gasteiger partial charge in [0.05, 0.1) is 14.2 Å². The van der Waals surface area contributed by atoms with Crippen LogP contribution in [0.25, 0.3) is 6.08 Å². The van der Waals surface area contributed by atoms with Crippen molar-refractivity contribution in [2.45, 2.75) is 19.9 Å². The van der Waals surface area contributed by atoms with Gasteiger partial charge in [0, 0.05) is 19.6 Å². The van der Waals surface area contributed by atoms with Gasteiger partial charge in [0.1, 0.15) is 0 Å². The fourth-order valence-electron chi connectivity index (χ4n) is 3.31. The maximum atomic E-state index is 5.44. The third kappa shape index (κ3) is 3.80. The normalized spacial score (nSPS) is 15.0. The quantitative estimate of drug-likeness (QED) is 0.824. The number of hydrogen-bond acceptors (Lipinski definition) is 3. The first-order valence-electron chi connectivity index (χ1n) is 8.38. The third-order valence-corrected chi connectivity index (χ3v) is 4.48. The molecule has 0 aromatic heterocycles. The molecule has 0 unspecified atom stereocenters. The van der Waals surface area contributed by atoms with Crippen LogP contribution in [-0.4, -0.2) is 32.2 Å². The van der Waals surface area contributed by atoms with Gasteiger partial charge in [-0.15, -0.1) is 0 Å². The molecule has 3 heteroatoms. The van der Waals surface area contributed by atoms with E-state index in [1.165, 1.54) is 22.3 Å². The highest BCUT2D eigenvalue weighted by molar-refractivity contribution is 5.52. The van der Waals surface area contributed by atoms with Gasteiger partial charge in [-0.1, -0.05) is 42.0 Å². The van der Waals surface area contributed by atoms with E-state index in [9.17, 15) is 0 Å². The van der Waals surface area contributed by atoms with E-state index in [-0.39, 0.29) is 0 Å². The molecule has 24 heavy (non-hydrogen) atoms. The summed E-state index contributed by atoms with van der Waals surface area (Å²) in [6, 6.07) is 14.7. The van der Waals surface area contributed by atoms with E-state index in [0.29, 0.717) is 0 Å². The molecule has 126 valence electrons. The molecule has 0 aliphatic carbocycles. The minimum Gasteiger partial charge on any atom is -0.493 e. The fourth-order valence-corrected chi connectivity index (χ4v) is 3.31. The summed E-state index contributed by atoms with van der Waals surface area (Å²) in [5.74, 6) is 1.64. The summed E-state index contributed by atoms with van der Waals surface area (Å²) in [7, 11) is 3.38. The molecule has 0 atom stereocenters. The Balaban J connectivity index is 1.72. The van der Waals surface area contributed by atoms with Gasteiger partial charge >= 0.3 is 0 Å². The molecule has 0 saturated carbocycles. The Morgan fingerprint density at radius 2 is 1.71 bits per heavy atom. The average molecular weight is 323 g/mol. The van der Waals surface area contributed by atoms with Gasteiger partial charge in [-0.05, 0) is 42.2 Å². The second-order valence-electron chi connectivity index (χ2n) is 6.34. The van der Waals surface area contributed by atoms with Gasteiger partial charge in [0.15, 0.2) is 11.5 Å². The Bertz CT molecular complexity index is 722. The number of hydrogen-bond donors (Lipinski definition) is 0. The van der Waals surface area contributed by atoms with E-state index < -0.39 is 0 Å². The van der Waals surface area contributed by atoms with E-state index in [1.807, 2.05) is 0 Å². The summed E-state index contributed by atoms with van der Waals surface area (Å²) in [6.07, 6.45) is 3.32. The van der Waals surface area contributed by atoms with Crippen molar-refractivity contribution in [3.05, 3.63) is 64.7 Å². The van der Waals surface area contributed by atoms with Crippen LogP contribution in [0.15, 0.2) is 48.0 Å². The smallest absolute Gasteiger partial charge is 0.161 e. The monoisotopic (exact) mass is 323 g/mol. The Morgan fingerprint density at radius 1 is 1.04 bits per heavy atom. The van der Waals surface area contributed by atoms with E-state index >= 15 is 0 Å². The van der Waals surface area contributed by atoms with Gasteiger partial charge in [-0.2, -0.15) is 0 Å². The van der Waals surface area contributed by atoms with Crippen LogP contribution < -0.4 is 9.47 Å². The maximum absolute atomic E-state index is 5.44. The van der Waals surface area contributed by atoms with Gasteiger partial charge in [0.25, 0.3) is 0 Å². The van der Waals surface area contributed by atoms with Crippen LogP contribution in [0.1, 0.15) is 23.6 Å². The lowest BCUT2D eigenvalue weighted by Crippen LogP contribution is -2.31. The van der Waals surface area contributed by atoms with Crippen molar-refractivity contribution in [1.29, 1.82) is 0 Å². The van der Waals surface area contributed by atoms with Crippen molar-refractivity contribution in [3.8, 4) is 11.5 Å². The molecular formula is C21H25NO2. The van der Waals surface area contributed by atoms with Crippen LogP contribution in [-0.2, 0) is 13.0 Å². The third-order valence-electron chi connectivity index (χ3n) is 4.48. The first-order chi connectivity index (χ1) is 11.7. The fraction of sp³-hybridized carbons (Fsp3) is 0.333. The summed E-state index contributed by atoms with van der Waals surface area (Å²) in [5, 5.41) is 0. The zero-order chi connectivity index (χ0) is 16.9. The molecule has 0 spiro atoms. The van der Waals surface area contributed by atoms with Crippen molar-refractivity contribution >= 4 is 6.08 Å². The topological polar surface area (TPSA) is 21.7 Å². The number of nitrogens with zero attached hydrogens (tertiary/aromatic N) is 1. The predicted molar refractivity (Wildman–Crippen MR) is 98.6 cm³/mol. The highest BCUT2D eigenvalue weighted by atomic mass is 16.5. The van der Waals surface area contributed by atoms with E-state index in [0.717, 1.165) is 37.6 Å². The van der Waals surface area contributed by atoms with E-state index in [4.69, 9.17) is 9.47 Å². The van der Waals surface area contributed by atoms with Crippen molar-refractivity contribution < 1.29 is 9.47 Å². The van der Waals surface area contributed by atoms with Crippen LogP contribution in [0.2, 0.25) is 0 Å². The highest BCUT2D eigenvalue weighted by Crippen LogP contribution is 2.33. The zero-order valence-corrected chi connectivity index (χ0v) is 14.7. The summed E-state index contributed by atoms with van der Waals surface area (Å²) < 4.78 is 10.9. The standard InChI is InChI=1S/C21H25NO2/c1-16(11-17-7-5-4-6-8-17)14-22-10-9-18-12-20(23-2)21(24-3)13-19(18)15-22/h4-8,11-13H,9-10,14-15H2,1-3H3/b16-11+. The lowest BCUT2D eigenvalue weighted by Gasteiger charge is -2.29. The molecule has 0 N–H and O–H groups in total. The van der Waals surface area contributed by atoms with Gasteiger partial charge in [-0.25, -0.2) is 0 Å². The summed E-state index contributed by atoms with van der Waals surface area (Å²) in [5.41, 5.74) is 5.35. The van der Waals surface area contributed by atoms with Gasteiger partial charge in [-0.3, -0.25) is 4.90 Å². The Hall–Kier alpha value is -2.26. The lowest BCUT2D eigenvalue weighted by atomic mass is 9.98. The minimum absolute atomic E-state index is 0.814. The SMILES string of the molecule is COc1cc2c(cc1OC)CN(C/C(C)=C/c1ccccc1)CC2. The zero-order valence-electron chi connectivity index (χ0n) is 14.7. The van der Waals surface area contributed by atoms with E-state index in [1.54, 1.807) is 14.2 Å². The second-order valence-corrected chi connectivity index (χ2v) is 6.34. The molecule has 3 nitrogen and oxygen atoms in total. The van der Waals surface area contributed by atoms with Crippen molar-refractivity contribution in [2.75, 3.05) is 27.3 Å². The minimum atomic E-state index is 0.814. The van der Waals surface area contributed by atoms with Crippen LogP contribution in [0.4, 0.5) is 0 Å². The first kappa shape index (κ1) is 16.6. The number of benzene rings is 2. The molecule has 2 aromatic carbocycles. The van der Waals surface area contributed by atoms with Crippen LogP contribution in [0.5, 0.6) is 11.5 Å². The molecule has 0 bridgehead atoms. The van der Waals surface area contributed by atoms with Crippen LogP contribution >= 0.6 is 0 Å². The largest absolute Gasteiger partial charge is 0.493 e. The molecule has 3 rings (SSSR count). The highest BCUT2D eigenvalue weighted by Gasteiger charge is 2.19. The Morgan fingerprint density at radius 3 is 2.38 bits per heavy atom. The summed E-state index contributed by atoms with van der Waals surface area (Å²) >= 11 is 0. The Labute approximate surface area is 144 Å². The predicted octanol–water partition coefficient (Wildman–Crippen LogP) is 4.17. The van der Waals surface area contributed by atoms with Crippen LogP contribution in [0, 0.1) is 0 Å². The molecule has 0 fully saturated rings. The second kappa shape index (κ2) is 7.54. The number of ether oxygens (including phenoxy) is 2. The molecule has 0 saturated heterocycles. The molecule has 1 aliphatic rings. The molecular weight excluding hydrogens is 298 g/mol. The molecule has 2 aromatic rings. The van der Waals surface area contributed by atoms with Gasteiger partial charge in [0.2, 0.25) is 0 Å². The summed E-state index contributed by atoms with van der Waals surface area (Å²) in [6.45, 7) is 5.22. The molecule has 0 radical (unpaired) electrons. The first-order valence-corrected chi connectivity index (χ1v) is 8.38. The Kier molecular flexibility index (Phi) is 5.21. The summed E-state index contributed by atoms with van der Waals surface area (Å²) in [4.78, 5) is 2.49. The number of fused-ring (bicyclic) bond motifs is 1. The van der Waals surface area contributed by atoms with Crippen molar-refractivity contribution in [3.63, 3.8) is 0 Å². The lowest BCUT2D eigenvalue weighted by molar-refractivity contribution is 0.274. The average Bonchev–Trinajstić information content (AvgIpc) is 2.61.